The van der Waals surface area contributed by atoms with Crippen molar-refractivity contribution in [1.29, 1.82) is 0 Å². The van der Waals surface area contributed by atoms with Gasteiger partial charge in [0.1, 0.15) is 5.03 Å². The third-order valence-corrected chi connectivity index (χ3v) is 2.67. The molecule has 0 bridgehead atoms. The topological polar surface area (TPSA) is 86.8 Å². The first kappa shape index (κ1) is 11.6. The minimum Gasteiger partial charge on any atom is -0.481 e. The molecule has 7 heteroatoms. The Morgan fingerprint density at radius 2 is 2.12 bits per heavy atom. The zero-order valence-electron chi connectivity index (χ0n) is 9.41. The van der Waals surface area contributed by atoms with Crippen molar-refractivity contribution in [2.24, 2.45) is 0 Å². The predicted octanol–water partition coefficient (Wildman–Crippen LogP) is 1.32. The number of methoxy groups -OCH3 is 1. The van der Waals surface area contributed by atoms with Crippen LogP contribution in [0.5, 0.6) is 5.88 Å². The van der Waals surface area contributed by atoms with Gasteiger partial charge in [0, 0.05) is 18.0 Å². The standard InChI is InChI=1S/C10H11N5OS/c1-6-3-4-12-10(13-6)17-8-5-7(16-2)14-9(11)15-8/h3-5H,1-2H3,(H2,11,14,15). The normalized spacial score (nSPS) is 10.2. The maximum Gasteiger partial charge on any atom is 0.224 e. The largest absolute Gasteiger partial charge is 0.481 e. The molecule has 2 N–H and O–H groups in total. The van der Waals surface area contributed by atoms with Crippen molar-refractivity contribution in [1.82, 2.24) is 19.9 Å². The molecule has 2 aromatic rings. The second-order valence-electron chi connectivity index (χ2n) is 3.19. The molecule has 0 aliphatic rings. The van der Waals surface area contributed by atoms with Gasteiger partial charge in [-0.1, -0.05) is 0 Å². The van der Waals surface area contributed by atoms with E-state index in [2.05, 4.69) is 19.9 Å². The van der Waals surface area contributed by atoms with Crippen molar-refractivity contribution in [3.63, 3.8) is 0 Å². The summed E-state index contributed by atoms with van der Waals surface area (Å²) in [5.41, 5.74) is 6.46. The van der Waals surface area contributed by atoms with Gasteiger partial charge in [-0.3, -0.25) is 0 Å². The van der Waals surface area contributed by atoms with Crippen LogP contribution in [0.25, 0.3) is 0 Å². The monoisotopic (exact) mass is 249 g/mol. The van der Waals surface area contributed by atoms with E-state index >= 15 is 0 Å². The van der Waals surface area contributed by atoms with Gasteiger partial charge in [0.2, 0.25) is 11.8 Å². The predicted molar refractivity (Wildman–Crippen MR) is 63.9 cm³/mol. The van der Waals surface area contributed by atoms with Crippen LogP contribution in [0, 0.1) is 6.92 Å². The van der Waals surface area contributed by atoms with Gasteiger partial charge in [-0.2, -0.15) is 4.98 Å². The Morgan fingerprint density at radius 3 is 2.82 bits per heavy atom. The van der Waals surface area contributed by atoms with Crippen LogP contribution in [0.15, 0.2) is 28.5 Å². The zero-order valence-corrected chi connectivity index (χ0v) is 10.2. The molecule has 0 saturated heterocycles. The first-order valence-corrected chi connectivity index (χ1v) is 5.65. The van der Waals surface area contributed by atoms with Crippen molar-refractivity contribution in [2.45, 2.75) is 17.1 Å². The summed E-state index contributed by atoms with van der Waals surface area (Å²) in [6, 6.07) is 3.52. The van der Waals surface area contributed by atoms with Crippen LogP contribution in [0.1, 0.15) is 5.69 Å². The fourth-order valence-corrected chi connectivity index (χ4v) is 1.94. The van der Waals surface area contributed by atoms with Crippen LogP contribution >= 0.6 is 11.8 Å². The molecule has 17 heavy (non-hydrogen) atoms. The van der Waals surface area contributed by atoms with Gasteiger partial charge in [-0.25, -0.2) is 15.0 Å². The molecule has 88 valence electrons. The van der Waals surface area contributed by atoms with E-state index in [0.717, 1.165) is 5.69 Å². The Morgan fingerprint density at radius 1 is 1.29 bits per heavy atom. The van der Waals surface area contributed by atoms with E-state index in [1.165, 1.54) is 18.9 Å². The Hall–Kier alpha value is -1.89. The minimum atomic E-state index is 0.166. The van der Waals surface area contributed by atoms with Crippen molar-refractivity contribution in [2.75, 3.05) is 12.8 Å². The van der Waals surface area contributed by atoms with Gasteiger partial charge in [0.25, 0.3) is 0 Å². The number of ether oxygens (including phenoxy) is 1. The second kappa shape index (κ2) is 4.96. The highest BCUT2D eigenvalue weighted by Gasteiger charge is 2.06. The SMILES string of the molecule is COc1cc(Sc2nccc(C)n2)nc(N)n1. The Bertz CT molecular complexity index is 534. The van der Waals surface area contributed by atoms with E-state index in [-0.39, 0.29) is 5.95 Å². The number of nitrogens with zero attached hydrogens (tertiary/aromatic N) is 4. The van der Waals surface area contributed by atoms with E-state index in [0.29, 0.717) is 16.1 Å². The summed E-state index contributed by atoms with van der Waals surface area (Å²) in [5, 5.41) is 1.27. The number of rotatable bonds is 3. The fourth-order valence-electron chi connectivity index (χ4n) is 1.15. The summed E-state index contributed by atoms with van der Waals surface area (Å²) in [6.45, 7) is 1.90. The molecule has 0 atom stereocenters. The minimum absolute atomic E-state index is 0.166. The van der Waals surface area contributed by atoms with Gasteiger partial charge in [-0.15, -0.1) is 0 Å². The van der Waals surface area contributed by atoms with Crippen LogP contribution in [-0.2, 0) is 0 Å². The lowest BCUT2D eigenvalue weighted by atomic mass is 10.5. The molecule has 0 unspecified atom stereocenters. The van der Waals surface area contributed by atoms with Crippen LogP contribution in [0.3, 0.4) is 0 Å². The van der Waals surface area contributed by atoms with E-state index in [9.17, 15) is 0 Å². The Balaban J connectivity index is 2.26. The van der Waals surface area contributed by atoms with Gasteiger partial charge >= 0.3 is 0 Å². The number of aryl methyl sites for hydroxylation is 1. The maximum absolute atomic E-state index is 5.56. The molecule has 0 radical (unpaired) electrons. The lowest BCUT2D eigenvalue weighted by Gasteiger charge is -2.03. The Labute approximate surface area is 103 Å². The number of anilines is 1. The summed E-state index contributed by atoms with van der Waals surface area (Å²) in [6.07, 6.45) is 1.70. The number of hydrogen-bond acceptors (Lipinski definition) is 7. The molecule has 0 spiro atoms. The summed E-state index contributed by atoms with van der Waals surface area (Å²) < 4.78 is 5.01. The molecule has 0 aliphatic carbocycles. The molecule has 0 aliphatic heterocycles. The first-order valence-electron chi connectivity index (χ1n) is 4.83. The Kier molecular flexibility index (Phi) is 3.38. The number of nitrogen functional groups attached to an aromatic ring is 1. The lowest BCUT2D eigenvalue weighted by Crippen LogP contribution is -1.99. The zero-order chi connectivity index (χ0) is 12.3. The molecule has 2 rings (SSSR count). The first-order chi connectivity index (χ1) is 8.17. The smallest absolute Gasteiger partial charge is 0.224 e. The molecule has 2 heterocycles. The molecule has 0 saturated carbocycles. The van der Waals surface area contributed by atoms with Crippen molar-refractivity contribution in [3.8, 4) is 5.88 Å². The second-order valence-corrected chi connectivity index (χ2v) is 4.18. The molecule has 0 amide bonds. The summed E-state index contributed by atoms with van der Waals surface area (Å²) in [5.74, 6) is 0.590. The number of aromatic nitrogens is 4. The molecule has 0 aromatic carbocycles. The molecular weight excluding hydrogens is 238 g/mol. The van der Waals surface area contributed by atoms with Crippen LogP contribution < -0.4 is 10.5 Å². The highest BCUT2D eigenvalue weighted by molar-refractivity contribution is 7.99. The number of hydrogen-bond donors (Lipinski definition) is 1. The van der Waals surface area contributed by atoms with E-state index in [1.54, 1.807) is 12.3 Å². The molecule has 2 aromatic heterocycles. The van der Waals surface area contributed by atoms with E-state index < -0.39 is 0 Å². The van der Waals surface area contributed by atoms with Gasteiger partial charge in [0.05, 0.1) is 7.11 Å². The molecule has 0 fully saturated rings. The average Bonchev–Trinajstić information content (AvgIpc) is 2.28. The summed E-state index contributed by atoms with van der Waals surface area (Å²) in [7, 11) is 1.53. The third-order valence-electron chi connectivity index (χ3n) is 1.87. The molecule has 6 nitrogen and oxygen atoms in total. The van der Waals surface area contributed by atoms with Crippen molar-refractivity contribution >= 4 is 17.7 Å². The van der Waals surface area contributed by atoms with Crippen molar-refractivity contribution < 1.29 is 4.74 Å². The van der Waals surface area contributed by atoms with Gasteiger partial charge < -0.3 is 10.5 Å². The molecular formula is C10H11N5OS. The highest BCUT2D eigenvalue weighted by atomic mass is 32.2. The van der Waals surface area contributed by atoms with Gasteiger partial charge in [-0.05, 0) is 24.8 Å². The van der Waals surface area contributed by atoms with Crippen LogP contribution in [-0.4, -0.2) is 27.0 Å². The quantitative estimate of drug-likeness (QED) is 0.648. The fraction of sp³-hybridized carbons (Fsp3) is 0.200. The van der Waals surface area contributed by atoms with Crippen molar-refractivity contribution in [3.05, 3.63) is 24.0 Å². The van der Waals surface area contributed by atoms with Crippen LogP contribution in [0.2, 0.25) is 0 Å². The average molecular weight is 249 g/mol. The highest BCUT2D eigenvalue weighted by Crippen LogP contribution is 2.25. The third kappa shape index (κ3) is 3.04. The maximum atomic E-state index is 5.56. The van der Waals surface area contributed by atoms with E-state index in [4.69, 9.17) is 10.5 Å². The van der Waals surface area contributed by atoms with Gasteiger partial charge in [0.15, 0.2) is 5.16 Å². The summed E-state index contributed by atoms with van der Waals surface area (Å²) in [4.78, 5) is 16.4. The van der Waals surface area contributed by atoms with E-state index in [1.807, 2.05) is 13.0 Å². The van der Waals surface area contributed by atoms with Crippen LogP contribution in [0.4, 0.5) is 5.95 Å². The lowest BCUT2D eigenvalue weighted by molar-refractivity contribution is 0.396. The number of nitrogens with two attached hydrogens (primary N) is 1. The summed E-state index contributed by atoms with van der Waals surface area (Å²) >= 11 is 1.31.